The average Bonchev–Trinajstić information content (AvgIpc) is 2.76. The van der Waals surface area contributed by atoms with Gasteiger partial charge in [-0.1, -0.05) is 5.21 Å². The zero-order chi connectivity index (χ0) is 14.0. The summed E-state index contributed by atoms with van der Waals surface area (Å²) in [6, 6.07) is 0. The number of carboxylic acid groups (broad SMARTS) is 1. The summed E-state index contributed by atoms with van der Waals surface area (Å²) in [4.78, 5) is 24.6. The Kier molecular flexibility index (Phi) is 3.79. The molecule has 0 saturated carbocycles. The van der Waals surface area contributed by atoms with E-state index in [-0.39, 0.29) is 22.9 Å². The van der Waals surface area contributed by atoms with E-state index >= 15 is 0 Å². The lowest BCUT2D eigenvalue weighted by Gasteiger charge is -2.37. The molecule has 0 atom stereocenters. The van der Waals surface area contributed by atoms with Gasteiger partial charge in [0.05, 0.1) is 6.20 Å². The fourth-order valence-electron chi connectivity index (χ4n) is 1.94. The second kappa shape index (κ2) is 5.20. The van der Waals surface area contributed by atoms with Gasteiger partial charge in [0.15, 0.2) is 5.69 Å². The molecular weight excluding hydrogens is 268 g/mol. The van der Waals surface area contributed by atoms with Crippen LogP contribution in [0.25, 0.3) is 0 Å². The van der Waals surface area contributed by atoms with E-state index in [9.17, 15) is 9.59 Å². The van der Waals surface area contributed by atoms with Crippen LogP contribution in [0.2, 0.25) is 0 Å². The summed E-state index contributed by atoms with van der Waals surface area (Å²) in [5, 5.41) is 15.9. The summed E-state index contributed by atoms with van der Waals surface area (Å²) in [6.45, 7) is 5.65. The Balaban J connectivity index is 1.98. The number of hydrogen-bond donors (Lipinski definition) is 1. The van der Waals surface area contributed by atoms with Crippen LogP contribution >= 0.6 is 11.8 Å². The quantitative estimate of drug-likeness (QED) is 0.860. The van der Waals surface area contributed by atoms with Crippen molar-refractivity contribution in [2.75, 3.05) is 18.8 Å². The van der Waals surface area contributed by atoms with Crippen molar-refractivity contribution in [1.82, 2.24) is 19.9 Å². The highest BCUT2D eigenvalue weighted by molar-refractivity contribution is 8.00. The predicted molar refractivity (Wildman–Crippen MR) is 70.1 cm³/mol. The largest absolute Gasteiger partial charge is 0.476 e. The highest BCUT2D eigenvalue weighted by Crippen LogP contribution is 2.29. The van der Waals surface area contributed by atoms with Crippen LogP contribution in [-0.4, -0.2) is 60.5 Å². The summed E-state index contributed by atoms with van der Waals surface area (Å²) in [5.74, 6) is -0.291. The number of carbonyl (C=O) groups excluding carboxylic acids is 1. The van der Waals surface area contributed by atoms with Gasteiger partial charge in [0.1, 0.15) is 6.54 Å². The first-order valence-electron chi connectivity index (χ1n) is 5.92. The van der Waals surface area contributed by atoms with Crippen molar-refractivity contribution in [1.29, 1.82) is 0 Å². The van der Waals surface area contributed by atoms with Crippen LogP contribution < -0.4 is 0 Å². The monoisotopic (exact) mass is 284 g/mol. The topological polar surface area (TPSA) is 88.3 Å². The summed E-state index contributed by atoms with van der Waals surface area (Å²) >= 11 is 1.85. The molecule has 8 heteroatoms. The van der Waals surface area contributed by atoms with Crippen molar-refractivity contribution in [3.63, 3.8) is 0 Å². The second-order valence-corrected chi connectivity index (χ2v) is 6.83. The number of rotatable bonds is 3. The molecule has 1 saturated heterocycles. The number of aromatic nitrogens is 3. The van der Waals surface area contributed by atoms with E-state index in [0.29, 0.717) is 13.1 Å². The van der Waals surface area contributed by atoms with E-state index in [1.807, 2.05) is 11.8 Å². The molecule has 0 aromatic carbocycles. The predicted octanol–water partition coefficient (Wildman–Crippen LogP) is 0.330. The lowest BCUT2D eigenvalue weighted by molar-refractivity contribution is -0.132. The van der Waals surface area contributed by atoms with E-state index in [4.69, 9.17) is 5.11 Å². The Morgan fingerprint density at radius 1 is 1.53 bits per heavy atom. The summed E-state index contributed by atoms with van der Waals surface area (Å²) in [5.41, 5.74) is -0.151. The molecule has 0 unspecified atom stereocenters. The average molecular weight is 284 g/mol. The summed E-state index contributed by atoms with van der Waals surface area (Å²) < 4.78 is 1.32. The van der Waals surface area contributed by atoms with Gasteiger partial charge >= 0.3 is 5.97 Å². The van der Waals surface area contributed by atoms with Gasteiger partial charge in [-0.05, 0) is 13.8 Å². The molecular formula is C11H16N4O3S. The molecule has 0 aliphatic carbocycles. The van der Waals surface area contributed by atoms with Crippen molar-refractivity contribution in [2.24, 2.45) is 0 Å². The third-order valence-corrected chi connectivity index (χ3v) is 4.13. The molecule has 1 aromatic rings. The third-order valence-electron chi connectivity index (χ3n) is 2.83. The molecule has 1 amide bonds. The molecule has 19 heavy (non-hydrogen) atoms. The maximum absolute atomic E-state index is 12.1. The molecule has 1 N–H and O–H groups in total. The van der Waals surface area contributed by atoms with Gasteiger partial charge < -0.3 is 10.0 Å². The zero-order valence-electron chi connectivity index (χ0n) is 10.9. The standard InChI is InChI=1S/C11H16N4O3S/c1-11(2)7-14(3-4-19-11)9(16)6-15-5-8(10(17)18)12-13-15/h5H,3-4,6-7H2,1-2H3,(H,17,18). The molecule has 2 rings (SSSR count). The van der Waals surface area contributed by atoms with Gasteiger partial charge in [-0.25, -0.2) is 9.48 Å². The van der Waals surface area contributed by atoms with Gasteiger partial charge in [0.25, 0.3) is 0 Å². The van der Waals surface area contributed by atoms with E-state index in [2.05, 4.69) is 24.2 Å². The number of hydrogen-bond acceptors (Lipinski definition) is 5. The van der Waals surface area contributed by atoms with E-state index < -0.39 is 5.97 Å². The van der Waals surface area contributed by atoms with Crippen molar-refractivity contribution < 1.29 is 14.7 Å². The van der Waals surface area contributed by atoms with E-state index in [0.717, 1.165) is 5.75 Å². The van der Waals surface area contributed by atoms with Gasteiger partial charge in [0.2, 0.25) is 5.91 Å². The number of nitrogens with zero attached hydrogens (tertiary/aromatic N) is 4. The van der Waals surface area contributed by atoms with Gasteiger partial charge in [-0.15, -0.1) is 5.10 Å². The Morgan fingerprint density at radius 2 is 2.26 bits per heavy atom. The molecule has 1 aromatic heterocycles. The van der Waals surface area contributed by atoms with Crippen LogP contribution in [0.4, 0.5) is 0 Å². The maximum Gasteiger partial charge on any atom is 0.358 e. The molecule has 104 valence electrons. The molecule has 0 bridgehead atoms. The van der Waals surface area contributed by atoms with Crippen molar-refractivity contribution >= 4 is 23.6 Å². The lowest BCUT2D eigenvalue weighted by atomic mass is 10.2. The van der Waals surface area contributed by atoms with Gasteiger partial charge in [-0.3, -0.25) is 4.79 Å². The van der Waals surface area contributed by atoms with Crippen molar-refractivity contribution in [3.8, 4) is 0 Å². The van der Waals surface area contributed by atoms with E-state index in [1.165, 1.54) is 10.9 Å². The first-order chi connectivity index (χ1) is 8.87. The Bertz CT molecular complexity index is 500. The lowest BCUT2D eigenvalue weighted by Crippen LogP contribution is -2.47. The maximum atomic E-state index is 12.1. The third kappa shape index (κ3) is 3.46. The minimum Gasteiger partial charge on any atom is -0.476 e. The molecule has 2 heterocycles. The molecule has 1 aliphatic heterocycles. The van der Waals surface area contributed by atoms with E-state index in [1.54, 1.807) is 4.90 Å². The number of amides is 1. The van der Waals surface area contributed by atoms with Gasteiger partial charge in [0, 0.05) is 23.6 Å². The Labute approximate surface area is 115 Å². The van der Waals surface area contributed by atoms with Crippen LogP contribution in [-0.2, 0) is 11.3 Å². The highest BCUT2D eigenvalue weighted by atomic mass is 32.2. The Morgan fingerprint density at radius 3 is 2.84 bits per heavy atom. The van der Waals surface area contributed by atoms with Crippen molar-refractivity contribution in [2.45, 2.75) is 25.1 Å². The Hall–Kier alpha value is -1.57. The normalized spacial score (nSPS) is 18.3. The fraction of sp³-hybridized carbons (Fsp3) is 0.636. The second-order valence-electron chi connectivity index (χ2n) is 5.03. The smallest absolute Gasteiger partial charge is 0.358 e. The summed E-state index contributed by atoms with van der Waals surface area (Å²) in [6.07, 6.45) is 1.27. The number of carbonyl (C=O) groups is 2. The summed E-state index contributed by atoms with van der Waals surface area (Å²) in [7, 11) is 0. The molecule has 0 radical (unpaired) electrons. The zero-order valence-corrected chi connectivity index (χ0v) is 11.7. The molecule has 7 nitrogen and oxygen atoms in total. The van der Waals surface area contributed by atoms with Gasteiger partial charge in [-0.2, -0.15) is 11.8 Å². The van der Waals surface area contributed by atoms with Crippen LogP contribution in [0.5, 0.6) is 0 Å². The van der Waals surface area contributed by atoms with Crippen molar-refractivity contribution in [3.05, 3.63) is 11.9 Å². The molecule has 0 spiro atoms. The first-order valence-corrected chi connectivity index (χ1v) is 6.91. The van der Waals surface area contributed by atoms with Crippen LogP contribution in [0.3, 0.4) is 0 Å². The highest BCUT2D eigenvalue weighted by Gasteiger charge is 2.29. The number of aromatic carboxylic acids is 1. The molecule has 1 fully saturated rings. The van der Waals surface area contributed by atoms with Crippen LogP contribution in [0.1, 0.15) is 24.3 Å². The fourth-order valence-corrected chi connectivity index (χ4v) is 3.05. The number of thioether (sulfide) groups is 1. The SMILES string of the molecule is CC1(C)CN(C(=O)Cn2cc(C(=O)O)nn2)CCS1. The first kappa shape index (κ1) is 13.9. The minimum atomic E-state index is -1.14. The minimum absolute atomic E-state index is 0.0288. The number of carboxylic acids is 1. The van der Waals surface area contributed by atoms with Crippen LogP contribution in [0.15, 0.2) is 6.20 Å². The van der Waals surface area contributed by atoms with Crippen LogP contribution in [0, 0.1) is 0 Å². The molecule has 1 aliphatic rings.